The SMILES string of the molecule is CC(C)c1ccccc1-n1nc(-c2ccccc2Br)c2c1NCC2. The predicted molar refractivity (Wildman–Crippen MR) is 103 cm³/mol. The number of fused-ring (bicyclic) bond motifs is 1. The Labute approximate surface area is 150 Å². The molecule has 2 aromatic carbocycles. The average molecular weight is 382 g/mol. The van der Waals surface area contributed by atoms with Gasteiger partial charge in [-0.15, -0.1) is 0 Å². The molecule has 1 aromatic heterocycles. The first-order chi connectivity index (χ1) is 11.7. The van der Waals surface area contributed by atoms with Crippen LogP contribution in [0.3, 0.4) is 0 Å². The molecular formula is C20H20BrN3. The van der Waals surface area contributed by atoms with Crippen LogP contribution in [0.25, 0.3) is 16.9 Å². The van der Waals surface area contributed by atoms with E-state index in [0.29, 0.717) is 5.92 Å². The lowest BCUT2D eigenvalue weighted by Crippen LogP contribution is -2.07. The Kier molecular flexibility index (Phi) is 3.93. The van der Waals surface area contributed by atoms with Crippen molar-refractivity contribution in [2.24, 2.45) is 0 Å². The van der Waals surface area contributed by atoms with E-state index in [1.165, 1.54) is 11.1 Å². The van der Waals surface area contributed by atoms with Gasteiger partial charge in [-0.05, 0) is 30.0 Å². The van der Waals surface area contributed by atoms with E-state index < -0.39 is 0 Å². The van der Waals surface area contributed by atoms with E-state index in [2.05, 4.69) is 82.2 Å². The summed E-state index contributed by atoms with van der Waals surface area (Å²) in [5.41, 5.74) is 6.01. The largest absolute Gasteiger partial charge is 0.369 e. The zero-order valence-corrected chi connectivity index (χ0v) is 15.5. The molecule has 0 radical (unpaired) electrons. The zero-order valence-electron chi connectivity index (χ0n) is 13.9. The van der Waals surface area contributed by atoms with E-state index in [0.717, 1.165) is 40.2 Å². The molecule has 24 heavy (non-hydrogen) atoms. The van der Waals surface area contributed by atoms with E-state index >= 15 is 0 Å². The number of anilines is 1. The van der Waals surface area contributed by atoms with Crippen molar-refractivity contribution in [3.63, 3.8) is 0 Å². The van der Waals surface area contributed by atoms with Crippen LogP contribution in [0, 0.1) is 0 Å². The first kappa shape index (κ1) is 15.5. The molecule has 0 bridgehead atoms. The first-order valence-corrected chi connectivity index (χ1v) is 9.16. The fourth-order valence-corrected chi connectivity index (χ4v) is 3.86. The van der Waals surface area contributed by atoms with Gasteiger partial charge in [0, 0.05) is 22.1 Å². The number of benzene rings is 2. The number of halogens is 1. The van der Waals surface area contributed by atoms with E-state index in [4.69, 9.17) is 5.10 Å². The van der Waals surface area contributed by atoms with Gasteiger partial charge in [-0.3, -0.25) is 0 Å². The van der Waals surface area contributed by atoms with Crippen molar-refractivity contribution in [2.45, 2.75) is 26.2 Å². The standard InChI is InChI=1S/C20H20BrN3/c1-13(2)14-7-4-6-10-18(14)24-20-16(11-12-22-20)19(23-24)15-8-3-5-9-17(15)21/h3-10,13,22H,11-12H2,1-2H3. The number of nitrogens with one attached hydrogen (secondary N) is 1. The van der Waals surface area contributed by atoms with Crippen LogP contribution in [0.5, 0.6) is 0 Å². The fraction of sp³-hybridized carbons (Fsp3) is 0.250. The van der Waals surface area contributed by atoms with Gasteiger partial charge in [0.25, 0.3) is 0 Å². The lowest BCUT2D eigenvalue weighted by Gasteiger charge is -2.14. The Morgan fingerprint density at radius 2 is 1.83 bits per heavy atom. The summed E-state index contributed by atoms with van der Waals surface area (Å²) in [6, 6.07) is 16.8. The van der Waals surface area contributed by atoms with Crippen molar-refractivity contribution in [3.05, 3.63) is 64.1 Å². The van der Waals surface area contributed by atoms with E-state index in [-0.39, 0.29) is 0 Å². The van der Waals surface area contributed by atoms with Gasteiger partial charge in [0.2, 0.25) is 0 Å². The summed E-state index contributed by atoms with van der Waals surface area (Å²) in [5, 5.41) is 8.53. The van der Waals surface area contributed by atoms with Crippen molar-refractivity contribution < 1.29 is 0 Å². The number of aromatic nitrogens is 2. The molecule has 2 heterocycles. The van der Waals surface area contributed by atoms with Crippen molar-refractivity contribution in [3.8, 4) is 16.9 Å². The lowest BCUT2D eigenvalue weighted by molar-refractivity contribution is 0.812. The third kappa shape index (κ3) is 2.46. The Hall–Kier alpha value is -2.07. The highest BCUT2D eigenvalue weighted by Crippen LogP contribution is 2.38. The summed E-state index contributed by atoms with van der Waals surface area (Å²) in [6.07, 6.45) is 1.01. The monoisotopic (exact) mass is 381 g/mol. The average Bonchev–Trinajstić information content (AvgIpc) is 3.18. The molecule has 0 fully saturated rings. The number of hydrogen-bond acceptors (Lipinski definition) is 2. The van der Waals surface area contributed by atoms with E-state index in [1.54, 1.807) is 0 Å². The molecule has 122 valence electrons. The smallest absolute Gasteiger partial charge is 0.133 e. The zero-order chi connectivity index (χ0) is 16.7. The first-order valence-electron chi connectivity index (χ1n) is 8.36. The molecule has 0 aliphatic carbocycles. The van der Waals surface area contributed by atoms with Gasteiger partial charge >= 0.3 is 0 Å². The highest BCUT2D eigenvalue weighted by atomic mass is 79.9. The minimum atomic E-state index is 0.453. The second-order valence-corrected chi connectivity index (χ2v) is 7.31. The molecule has 4 rings (SSSR count). The summed E-state index contributed by atoms with van der Waals surface area (Å²) in [4.78, 5) is 0. The van der Waals surface area contributed by atoms with Crippen LogP contribution in [0.15, 0.2) is 53.0 Å². The molecule has 3 nitrogen and oxygen atoms in total. The molecule has 0 amide bonds. The van der Waals surface area contributed by atoms with Crippen molar-refractivity contribution in [2.75, 3.05) is 11.9 Å². The van der Waals surface area contributed by atoms with Gasteiger partial charge < -0.3 is 5.32 Å². The third-order valence-electron chi connectivity index (χ3n) is 4.57. The molecule has 0 atom stereocenters. The highest BCUT2D eigenvalue weighted by Gasteiger charge is 2.25. The summed E-state index contributed by atoms with van der Waals surface area (Å²) < 4.78 is 3.17. The minimum absolute atomic E-state index is 0.453. The van der Waals surface area contributed by atoms with Crippen molar-refractivity contribution in [1.82, 2.24) is 9.78 Å². The number of hydrogen-bond donors (Lipinski definition) is 1. The maximum atomic E-state index is 5.00. The topological polar surface area (TPSA) is 29.9 Å². The van der Waals surface area contributed by atoms with Crippen LogP contribution in [-0.2, 0) is 6.42 Å². The molecule has 3 aromatic rings. The third-order valence-corrected chi connectivity index (χ3v) is 5.26. The van der Waals surface area contributed by atoms with Crippen LogP contribution in [-0.4, -0.2) is 16.3 Å². The van der Waals surface area contributed by atoms with Crippen LogP contribution in [0.2, 0.25) is 0 Å². The van der Waals surface area contributed by atoms with Crippen molar-refractivity contribution in [1.29, 1.82) is 0 Å². The maximum Gasteiger partial charge on any atom is 0.133 e. The highest BCUT2D eigenvalue weighted by molar-refractivity contribution is 9.10. The number of nitrogens with zero attached hydrogens (tertiary/aromatic N) is 2. The molecular weight excluding hydrogens is 362 g/mol. The van der Waals surface area contributed by atoms with Gasteiger partial charge in [-0.25, -0.2) is 4.68 Å². The molecule has 1 aliphatic rings. The Morgan fingerprint density at radius 3 is 2.62 bits per heavy atom. The minimum Gasteiger partial charge on any atom is -0.369 e. The molecule has 0 spiro atoms. The van der Waals surface area contributed by atoms with Gasteiger partial charge in [-0.1, -0.05) is 66.2 Å². The van der Waals surface area contributed by atoms with E-state index in [9.17, 15) is 0 Å². The summed E-state index contributed by atoms with van der Waals surface area (Å²) in [7, 11) is 0. The van der Waals surface area contributed by atoms with Crippen LogP contribution >= 0.6 is 15.9 Å². The Balaban J connectivity index is 1.94. The molecule has 4 heteroatoms. The number of rotatable bonds is 3. The van der Waals surface area contributed by atoms with Crippen molar-refractivity contribution >= 4 is 21.7 Å². The molecule has 1 aliphatic heterocycles. The second kappa shape index (κ2) is 6.10. The summed E-state index contributed by atoms with van der Waals surface area (Å²) >= 11 is 3.67. The van der Waals surface area contributed by atoms with Gasteiger partial charge in [-0.2, -0.15) is 5.10 Å². The fourth-order valence-electron chi connectivity index (χ4n) is 3.39. The predicted octanol–water partition coefficient (Wildman–Crippen LogP) is 5.39. The van der Waals surface area contributed by atoms with Crippen LogP contribution < -0.4 is 5.32 Å². The maximum absolute atomic E-state index is 5.00. The van der Waals surface area contributed by atoms with Gasteiger partial charge in [0.1, 0.15) is 5.82 Å². The quantitative estimate of drug-likeness (QED) is 0.658. The lowest BCUT2D eigenvalue weighted by atomic mass is 10.0. The normalized spacial score (nSPS) is 13.2. The Bertz CT molecular complexity index is 896. The molecule has 0 unspecified atom stereocenters. The Morgan fingerprint density at radius 1 is 1.08 bits per heavy atom. The molecule has 0 saturated heterocycles. The summed E-state index contributed by atoms with van der Waals surface area (Å²) in [5.74, 6) is 1.59. The summed E-state index contributed by atoms with van der Waals surface area (Å²) in [6.45, 7) is 5.42. The van der Waals surface area contributed by atoms with Gasteiger partial charge in [0.05, 0.1) is 11.4 Å². The molecule has 1 N–H and O–H groups in total. The van der Waals surface area contributed by atoms with Gasteiger partial charge in [0.15, 0.2) is 0 Å². The molecule has 0 saturated carbocycles. The second-order valence-electron chi connectivity index (χ2n) is 6.46. The van der Waals surface area contributed by atoms with Crippen LogP contribution in [0.1, 0.15) is 30.9 Å². The van der Waals surface area contributed by atoms with E-state index in [1.807, 2.05) is 6.07 Å². The van der Waals surface area contributed by atoms with Crippen LogP contribution in [0.4, 0.5) is 5.82 Å². The number of para-hydroxylation sites is 1.